The van der Waals surface area contributed by atoms with E-state index in [1.165, 1.54) is 4.90 Å². The number of nitrogens with zero attached hydrogens (tertiary/aromatic N) is 3. The maximum Gasteiger partial charge on any atom is 0.277 e. The van der Waals surface area contributed by atoms with E-state index in [-0.39, 0.29) is 24.0 Å². The molecule has 2 fully saturated rings. The van der Waals surface area contributed by atoms with Crippen LogP contribution in [0.15, 0.2) is 23.9 Å². The lowest BCUT2D eigenvalue weighted by Gasteiger charge is -2.37. The van der Waals surface area contributed by atoms with Gasteiger partial charge in [-0.3, -0.25) is 19.4 Å². The van der Waals surface area contributed by atoms with Crippen molar-refractivity contribution in [1.29, 1.82) is 0 Å². The zero-order valence-electron chi connectivity index (χ0n) is 19.7. The second kappa shape index (κ2) is 9.73. The van der Waals surface area contributed by atoms with Gasteiger partial charge in [0.05, 0.1) is 31.0 Å². The molecule has 2 atom stereocenters. The van der Waals surface area contributed by atoms with Crippen LogP contribution in [0.25, 0.3) is 5.57 Å². The molecule has 0 aliphatic carbocycles. The van der Waals surface area contributed by atoms with Gasteiger partial charge >= 0.3 is 0 Å². The van der Waals surface area contributed by atoms with Crippen molar-refractivity contribution in [3.63, 3.8) is 0 Å². The minimum Gasteiger partial charge on any atom is -0.379 e. The standard InChI is InChI=1S/C25H35N3O4/c1-17-6-7-21(18(2)14-17)22-23(27-15-19(3)32-20(4)16-27)25(30)28(24(22)29)9-5-8-26-10-12-31-13-11-26/h6-7,14,19-20H,5,8-13,15-16H2,1-4H3. The maximum atomic E-state index is 13.6. The van der Waals surface area contributed by atoms with Crippen molar-refractivity contribution in [3.8, 4) is 0 Å². The lowest BCUT2D eigenvalue weighted by Crippen LogP contribution is -2.47. The van der Waals surface area contributed by atoms with E-state index in [0.29, 0.717) is 30.9 Å². The van der Waals surface area contributed by atoms with Crippen molar-refractivity contribution in [2.45, 2.75) is 46.3 Å². The summed E-state index contributed by atoms with van der Waals surface area (Å²) in [6.07, 6.45) is 0.774. The number of morpholine rings is 2. The van der Waals surface area contributed by atoms with Crippen LogP contribution in [0.4, 0.5) is 0 Å². The van der Waals surface area contributed by atoms with Crippen molar-refractivity contribution in [3.05, 3.63) is 40.6 Å². The van der Waals surface area contributed by atoms with Gasteiger partial charge in [0, 0.05) is 39.3 Å². The monoisotopic (exact) mass is 441 g/mol. The van der Waals surface area contributed by atoms with Gasteiger partial charge < -0.3 is 14.4 Å². The number of rotatable bonds is 6. The highest BCUT2D eigenvalue weighted by Gasteiger charge is 2.43. The maximum absolute atomic E-state index is 13.6. The highest BCUT2D eigenvalue weighted by Crippen LogP contribution is 2.35. The predicted octanol–water partition coefficient (Wildman–Crippen LogP) is 2.21. The first-order valence-corrected chi connectivity index (χ1v) is 11.7. The molecule has 3 aliphatic rings. The zero-order chi connectivity index (χ0) is 22.8. The third-order valence-electron chi connectivity index (χ3n) is 6.49. The average Bonchev–Trinajstić information content (AvgIpc) is 2.98. The van der Waals surface area contributed by atoms with Crippen LogP contribution in [-0.2, 0) is 19.1 Å². The summed E-state index contributed by atoms with van der Waals surface area (Å²) in [6.45, 7) is 13.9. The molecule has 0 bridgehead atoms. The minimum atomic E-state index is -0.175. The van der Waals surface area contributed by atoms with E-state index in [1.54, 1.807) is 0 Å². The molecular weight excluding hydrogens is 406 g/mol. The van der Waals surface area contributed by atoms with Crippen molar-refractivity contribution in [2.24, 2.45) is 0 Å². The highest BCUT2D eigenvalue weighted by molar-refractivity contribution is 6.35. The summed E-state index contributed by atoms with van der Waals surface area (Å²) >= 11 is 0. The highest BCUT2D eigenvalue weighted by atomic mass is 16.5. The van der Waals surface area contributed by atoms with Gasteiger partial charge in [-0.2, -0.15) is 0 Å². The molecule has 0 saturated carbocycles. The molecule has 7 nitrogen and oxygen atoms in total. The van der Waals surface area contributed by atoms with Crippen LogP contribution in [0.5, 0.6) is 0 Å². The van der Waals surface area contributed by atoms with Crippen LogP contribution in [0.2, 0.25) is 0 Å². The number of carbonyl (C=O) groups excluding carboxylic acids is 2. The van der Waals surface area contributed by atoms with E-state index in [4.69, 9.17) is 9.47 Å². The van der Waals surface area contributed by atoms with Crippen LogP contribution in [0, 0.1) is 13.8 Å². The Morgan fingerprint density at radius 1 is 0.969 bits per heavy atom. The minimum absolute atomic E-state index is 0.00453. The Bertz CT molecular complexity index is 896. The topological polar surface area (TPSA) is 62.3 Å². The van der Waals surface area contributed by atoms with Crippen molar-refractivity contribution in [2.75, 3.05) is 52.5 Å². The molecule has 7 heteroatoms. The molecule has 2 amide bonds. The van der Waals surface area contributed by atoms with Crippen LogP contribution in [0.3, 0.4) is 0 Å². The Balaban J connectivity index is 1.60. The quantitative estimate of drug-likeness (QED) is 0.631. The number of ether oxygens (including phenoxy) is 2. The Morgan fingerprint density at radius 2 is 1.66 bits per heavy atom. The molecule has 2 unspecified atom stereocenters. The van der Waals surface area contributed by atoms with E-state index in [2.05, 4.69) is 15.9 Å². The molecule has 2 saturated heterocycles. The largest absolute Gasteiger partial charge is 0.379 e. The van der Waals surface area contributed by atoms with Gasteiger partial charge in [0.15, 0.2) is 0 Å². The molecule has 1 aromatic carbocycles. The summed E-state index contributed by atoms with van der Waals surface area (Å²) in [4.78, 5) is 33.1. The van der Waals surface area contributed by atoms with Crippen LogP contribution >= 0.6 is 0 Å². The Labute approximate surface area is 190 Å². The fourth-order valence-corrected chi connectivity index (χ4v) is 5.03. The summed E-state index contributed by atoms with van der Waals surface area (Å²) in [6, 6.07) is 6.06. The molecule has 0 radical (unpaired) electrons. The average molecular weight is 442 g/mol. The second-order valence-electron chi connectivity index (χ2n) is 9.27. The molecule has 4 rings (SSSR count). The zero-order valence-corrected chi connectivity index (χ0v) is 19.7. The van der Waals surface area contributed by atoms with Crippen molar-refractivity contribution in [1.82, 2.24) is 14.7 Å². The smallest absolute Gasteiger partial charge is 0.277 e. The van der Waals surface area contributed by atoms with Gasteiger partial charge in [-0.1, -0.05) is 23.8 Å². The lowest BCUT2D eigenvalue weighted by atomic mass is 9.97. The number of carbonyl (C=O) groups is 2. The van der Waals surface area contributed by atoms with E-state index in [1.807, 2.05) is 39.8 Å². The predicted molar refractivity (Wildman–Crippen MR) is 123 cm³/mol. The first kappa shape index (κ1) is 23.0. The summed E-state index contributed by atoms with van der Waals surface area (Å²) in [5.74, 6) is -0.348. The van der Waals surface area contributed by atoms with Crippen LogP contribution in [-0.4, -0.2) is 91.2 Å². The summed E-state index contributed by atoms with van der Waals surface area (Å²) in [7, 11) is 0. The fraction of sp³-hybridized carbons (Fsp3) is 0.600. The van der Waals surface area contributed by atoms with E-state index in [0.717, 1.165) is 56.0 Å². The van der Waals surface area contributed by atoms with E-state index >= 15 is 0 Å². The van der Waals surface area contributed by atoms with Gasteiger partial charge in [0.2, 0.25) is 0 Å². The lowest BCUT2D eigenvalue weighted by molar-refractivity contribution is -0.138. The van der Waals surface area contributed by atoms with Crippen molar-refractivity contribution >= 4 is 17.4 Å². The number of imide groups is 1. The summed E-state index contributed by atoms with van der Waals surface area (Å²) < 4.78 is 11.3. The number of hydrogen-bond donors (Lipinski definition) is 0. The summed E-state index contributed by atoms with van der Waals surface area (Å²) in [5, 5.41) is 0. The van der Waals surface area contributed by atoms with Gasteiger partial charge in [-0.05, 0) is 45.2 Å². The number of hydrogen-bond acceptors (Lipinski definition) is 6. The molecular formula is C25H35N3O4. The normalized spacial score (nSPS) is 25.2. The van der Waals surface area contributed by atoms with Crippen LogP contribution in [0.1, 0.15) is 37.0 Å². The number of amides is 2. The summed E-state index contributed by atoms with van der Waals surface area (Å²) in [5.41, 5.74) is 4.09. The molecule has 3 aliphatic heterocycles. The molecule has 174 valence electrons. The van der Waals surface area contributed by atoms with E-state index in [9.17, 15) is 9.59 Å². The molecule has 1 aromatic rings. The number of benzene rings is 1. The van der Waals surface area contributed by atoms with Crippen LogP contribution < -0.4 is 0 Å². The molecule has 0 spiro atoms. The van der Waals surface area contributed by atoms with Gasteiger partial charge in [-0.25, -0.2) is 0 Å². The fourth-order valence-electron chi connectivity index (χ4n) is 5.03. The molecule has 0 N–H and O–H groups in total. The Hall–Kier alpha value is -2.22. The van der Waals surface area contributed by atoms with Gasteiger partial charge in [0.25, 0.3) is 11.8 Å². The third-order valence-corrected chi connectivity index (χ3v) is 6.49. The van der Waals surface area contributed by atoms with Gasteiger partial charge in [0.1, 0.15) is 5.70 Å². The second-order valence-corrected chi connectivity index (χ2v) is 9.27. The van der Waals surface area contributed by atoms with Gasteiger partial charge in [-0.15, -0.1) is 0 Å². The Kier molecular flexibility index (Phi) is 6.98. The number of aryl methyl sites for hydroxylation is 2. The molecule has 3 heterocycles. The first-order chi connectivity index (χ1) is 15.3. The third kappa shape index (κ3) is 4.75. The first-order valence-electron chi connectivity index (χ1n) is 11.7. The Morgan fingerprint density at radius 3 is 2.31 bits per heavy atom. The SMILES string of the molecule is Cc1ccc(C2=C(N3CC(C)OC(C)C3)C(=O)N(CCCN3CCOCC3)C2=O)c(C)c1. The molecule has 0 aromatic heterocycles. The van der Waals surface area contributed by atoms with E-state index < -0.39 is 0 Å². The van der Waals surface area contributed by atoms with Crippen molar-refractivity contribution < 1.29 is 19.1 Å². The molecule has 32 heavy (non-hydrogen) atoms.